The third-order valence-electron chi connectivity index (χ3n) is 3.80. The third-order valence-corrected chi connectivity index (χ3v) is 3.80. The first kappa shape index (κ1) is 15.5. The second-order valence-electron chi connectivity index (χ2n) is 5.57. The molecular formula is C15H25N5O. The maximum absolute atomic E-state index is 10.8. The van der Waals surface area contributed by atoms with Gasteiger partial charge in [-0.15, -0.1) is 0 Å². The molecule has 6 nitrogen and oxygen atoms in total. The van der Waals surface area contributed by atoms with E-state index in [4.69, 9.17) is 4.98 Å². The van der Waals surface area contributed by atoms with Crippen molar-refractivity contribution >= 4 is 18.2 Å². The van der Waals surface area contributed by atoms with Crippen molar-refractivity contribution in [3.05, 3.63) is 11.8 Å². The number of carbonyl (C=O) groups excluding carboxylic acids is 1. The van der Waals surface area contributed by atoms with E-state index >= 15 is 0 Å². The Morgan fingerprint density at radius 2 is 2.00 bits per heavy atom. The van der Waals surface area contributed by atoms with Gasteiger partial charge in [-0.3, -0.25) is 4.79 Å². The van der Waals surface area contributed by atoms with Gasteiger partial charge in [-0.1, -0.05) is 13.3 Å². The van der Waals surface area contributed by atoms with Gasteiger partial charge in [-0.2, -0.15) is 4.98 Å². The second kappa shape index (κ2) is 7.24. The van der Waals surface area contributed by atoms with Crippen LogP contribution in [0.4, 0.5) is 11.8 Å². The minimum absolute atomic E-state index is 0.757. The van der Waals surface area contributed by atoms with Gasteiger partial charge >= 0.3 is 0 Å². The van der Waals surface area contributed by atoms with E-state index in [1.807, 2.05) is 20.0 Å². The van der Waals surface area contributed by atoms with Gasteiger partial charge in [0.25, 0.3) is 0 Å². The average molecular weight is 291 g/mol. The first-order valence-electron chi connectivity index (χ1n) is 7.65. The van der Waals surface area contributed by atoms with Crippen molar-refractivity contribution in [3.63, 3.8) is 0 Å². The zero-order chi connectivity index (χ0) is 15.2. The molecule has 1 fully saturated rings. The zero-order valence-corrected chi connectivity index (χ0v) is 13.2. The summed E-state index contributed by atoms with van der Waals surface area (Å²) in [7, 11) is 2.04. The molecule has 2 rings (SSSR count). The largest absolute Gasteiger partial charge is 0.353 e. The van der Waals surface area contributed by atoms with E-state index in [-0.39, 0.29) is 0 Å². The lowest BCUT2D eigenvalue weighted by Gasteiger charge is -2.33. The van der Waals surface area contributed by atoms with Crippen LogP contribution >= 0.6 is 0 Å². The highest BCUT2D eigenvalue weighted by molar-refractivity contribution is 5.50. The molecule has 1 aromatic heterocycles. The number of aromatic nitrogens is 2. The minimum atomic E-state index is 0.757. The van der Waals surface area contributed by atoms with E-state index in [9.17, 15) is 4.79 Å². The van der Waals surface area contributed by atoms with Crippen molar-refractivity contribution in [2.75, 3.05) is 49.6 Å². The fourth-order valence-corrected chi connectivity index (χ4v) is 2.42. The Morgan fingerprint density at radius 3 is 2.62 bits per heavy atom. The number of rotatable bonds is 6. The lowest BCUT2D eigenvalue weighted by Crippen LogP contribution is -2.46. The molecule has 0 radical (unpaired) electrons. The lowest BCUT2D eigenvalue weighted by atomic mass is 10.3. The van der Waals surface area contributed by atoms with Crippen molar-refractivity contribution in [3.8, 4) is 0 Å². The van der Waals surface area contributed by atoms with Gasteiger partial charge < -0.3 is 14.7 Å². The van der Waals surface area contributed by atoms with Crippen LogP contribution in [-0.2, 0) is 4.79 Å². The molecule has 0 aromatic carbocycles. The van der Waals surface area contributed by atoms with Gasteiger partial charge in [0.15, 0.2) is 0 Å². The molecule has 1 aromatic rings. The number of piperazine rings is 1. The number of aryl methyl sites for hydroxylation is 1. The molecule has 0 atom stereocenters. The van der Waals surface area contributed by atoms with E-state index in [2.05, 4.69) is 21.7 Å². The maximum Gasteiger partial charge on any atom is 0.227 e. The summed E-state index contributed by atoms with van der Waals surface area (Å²) in [5, 5.41) is 0. The number of nitrogens with zero attached hydrogens (tertiary/aromatic N) is 5. The van der Waals surface area contributed by atoms with Crippen LogP contribution in [-0.4, -0.2) is 61.0 Å². The van der Waals surface area contributed by atoms with Crippen LogP contribution in [0.3, 0.4) is 0 Å². The third kappa shape index (κ3) is 4.06. The lowest BCUT2D eigenvalue weighted by molar-refractivity contribution is -0.118. The van der Waals surface area contributed by atoms with Gasteiger partial charge in [0, 0.05) is 51.5 Å². The van der Waals surface area contributed by atoms with Crippen LogP contribution in [0.1, 0.15) is 25.5 Å². The standard InChI is InChI=1S/C15H25N5O/c1-4-5-6-18(3)15-16-13(2)11-14(17-15)20-9-7-19(12-21)8-10-20/h11-12H,4-10H2,1-3H3. The summed E-state index contributed by atoms with van der Waals surface area (Å²) in [6.45, 7) is 8.33. The van der Waals surface area contributed by atoms with Crippen LogP contribution in [0.25, 0.3) is 0 Å². The fraction of sp³-hybridized carbons (Fsp3) is 0.667. The molecule has 0 saturated carbocycles. The Bertz CT molecular complexity index is 471. The quantitative estimate of drug-likeness (QED) is 0.740. The summed E-state index contributed by atoms with van der Waals surface area (Å²) >= 11 is 0. The molecule has 1 aliphatic heterocycles. The number of unbranched alkanes of at least 4 members (excludes halogenated alkanes) is 1. The summed E-state index contributed by atoms with van der Waals surface area (Å²) in [5.41, 5.74) is 0.983. The molecule has 1 aliphatic rings. The molecule has 6 heteroatoms. The number of hydrogen-bond acceptors (Lipinski definition) is 5. The van der Waals surface area contributed by atoms with Crippen molar-refractivity contribution < 1.29 is 4.79 Å². The van der Waals surface area contributed by atoms with E-state index in [1.165, 1.54) is 0 Å². The van der Waals surface area contributed by atoms with Crippen LogP contribution in [0.5, 0.6) is 0 Å². The first-order chi connectivity index (χ1) is 10.1. The van der Waals surface area contributed by atoms with E-state index in [0.29, 0.717) is 0 Å². The highest BCUT2D eigenvalue weighted by Crippen LogP contribution is 2.18. The summed E-state index contributed by atoms with van der Waals surface area (Å²) < 4.78 is 0. The number of carbonyl (C=O) groups is 1. The summed E-state index contributed by atoms with van der Waals surface area (Å²) in [5.74, 6) is 1.75. The Morgan fingerprint density at radius 1 is 1.29 bits per heavy atom. The van der Waals surface area contributed by atoms with Crippen molar-refractivity contribution in [2.24, 2.45) is 0 Å². The Hall–Kier alpha value is -1.85. The van der Waals surface area contributed by atoms with Crippen LogP contribution in [0.15, 0.2) is 6.07 Å². The molecule has 0 spiro atoms. The molecule has 0 aliphatic carbocycles. The maximum atomic E-state index is 10.8. The monoisotopic (exact) mass is 291 g/mol. The van der Waals surface area contributed by atoms with Crippen molar-refractivity contribution in [1.29, 1.82) is 0 Å². The first-order valence-corrected chi connectivity index (χ1v) is 7.65. The van der Waals surface area contributed by atoms with Crippen LogP contribution < -0.4 is 9.80 Å². The Kier molecular flexibility index (Phi) is 5.36. The van der Waals surface area contributed by atoms with Gasteiger partial charge in [0.2, 0.25) is 12.4 Å². The summed E-state index contributed by atoms with van der Waals surface area (Å²) in [6, 6.07) is 2.02. The highest BCUT2D eigenvalue weighted by atomic mass is 16.1. The Balaban J connectivity index is 2.09. The summed E-state index contributed by atoms with van der Waals surface area (Å²) in [6.07, 6.45) is 3.23. The molecule has 0 unspecified atom stereocenters. The number of hydrogen-bond donors (Lipinski definition) is 0. The molecule has 0 bridgehead atoms. The topological polar surface area (TPSA) is 52.6 Å². The van der Waals surface area contributed by atoms with E-state index in [1.54, 1.807) is 4.90 Å². The highest BCUT2D eigenvalue weighted by Gasteiger charge is 2.18. The SMILES string of the molecule is CCCCN(C)c1nc(C)cc(N2CCN(C=O)CC2)n1. The van der Waals surface area contributed by atoms with E-state index in [0.717, 1.165) is 69.4 Å². The normalized spacial score (nSPS) is 15.2. The molecule has 116 valence electrons. The zero-order valence-electron chi connectivity index (χ0n) is 13.2. The van der Waals surface area contributed by atoms with E-state index < -0.39 is 0 Å². The predicted octanol–water partition coefficient (Wildman–Crippen LogP) is 1.30. The predicted molar refractivity (Wildman–Crippen MR) is 84.8 cm³/mol. The second-order valence-corrected chi connectivity index (χ2v) is 5.57. The van der Waals surface area contributed by atoms with Gasteiger partial charge in [0.1, 0.15) is 5.82 Å². The smallest absolute Gasteiger partial charge is 0.227 e. The molecule has 1 amide bonds. The molecular weight excluding hydrogens is 266 g/mol. The number of anilines is 2. The molecule has 0 N–H and O–H groups in total. The van der Waals surface area contributed by atoms with Gasteiger partial charge in [-0.05, 0) is 13.3 Å². The summed E-state index contributed by atoms with van der Waals surface area (Å²) in [4.78, 5) is 26.2. The average Bonchev–Trinajstić information content (AvgIpc) is 2.52. The van der Waals surface area contributed by atoms with Crippen molar-refractivity contribution in [1.82, 2.24) is 14.9 Å². The molecule has 21 heavy (non-hydrogen) atoms. The Labute approximate surface area is 126 Å². The minimum Gasteiger partial charge on any atom is -0.353 e. The van der Waals surface area contributed by atoms with Crippen LogP contribution in [0.2, 0.25) is 0 Å². The van der Waals surface area contributed by atoms with Gasteiger partial charge in [0.05, 0.1) is 0 Å². The fourth-order valence-electron chi connectivity index (χ4n) is 2.42. The van der Waals surface area contributed by atoms with Crippen LogP contribution in [0, 0.1) is 6.92 Å². The van der Waals surface area contributed by atoms with Crippen molar-refractivity contribution in [2.45, 2.75) is 26.7 Å². The number of amides is 1. The van der Waals surface area contributed by atoms with Gasteiger partial charge in [-0.25, -0.2) is 4.98 Å². The molecule has 2 heterocycles. The molecule has 1 saturated heterocycles.